The second-order valence-corrected chi connectivity index (χ2v) is 7.72. The molecule has 3 unspecified atom stereocenters. The quantitative estimate of drug-likeness (QED) is 0.861. The van der Waals surface area contributed by atoms with Crippen LogP contribution in [-0.4, -0.2) is 11.6 Å². The predicted octanol–water partition coefficient (Wildman–Crippen LogP) is 4.78. The maximum Gasteiger partial charge on any atom is 0.124 e. The third-order valence-corrected chi connectivity index (χ3v) is 4.63. The summed E-state index contributed by atoms with van der Waals surface area (Å²) >= 11 is 0. The maximum absolute atomic E-state index is 6.33. The van der Waals surface area contributed by atoms with E-state index in [4.69, 9.17) is 4.74 Å². The molecule has 1 N–H and O–H groups in total. The van der Waals surface area contributed by atoms with Crippen LogP contribution in [0.5, 0.6) is 5.75 Å². The molecule has 0 radical (unpaired) electrons. The van der Waals surface area contributed by atoms with Crippen molar-refractivity contribution in [2.75, 3.05) is 0 Å². The van der Waals surface area contributed by atoms with Crippen molar-refractivity contribution in [3.05, 3.63) is 29.8 Å². The Bertz CT molecular complexity index is 449. The number of ether oxygens (including phenoxy) is 1. The average Bonchev–Trinajstić information content (AvgIpc) is 2.41. The van der Waals surface area contributed by atoms with Crippen molar-refractivity contribution in [3.63, 3.8) is 0 Å². The van der Waals surface area contributed by atoms with Crippen LogP contribution in [0.15, 0.2) is 24.3 Å². The SMILES string of the molecule is CC1CCC(Oc2ccccc2CNC(C)(C)C)CC1C. The molecule has 2 rings (SSSR count). The van der Waals surface area contributed by atoms with Gasteiger partial charge in [0.25, 0.3) is 0 Å². The van der Waals surface area contributed by atoms with Crippen LogP contribution >= 0.6 is 0 Å². The summed E-state index contributed by atoms with van der Waals surface area (Å²) in [5.41, 5.74) is 1.39. The lowest BCUT2D eigenvalue weighted by Crippen LogP contribution is -2.35. The molecule has 0 amide bonds. The summed E-state index contributed by atoms with van der Waals surface area (Å²) in [5.74, 6) is 2.66. The van der Waals surface area contributed by atoms with E-state index in [-0.39, 0.29) is 5.54 Å². The third kappa shape index (κ3) is 5.03. The molecule has 0 aromatic heterocycles. The van der Waals surface area contributed by atoms with Crippen molar-refractivity contribution >= 4 is 0 Å². The van der Waals surface area contributed by atoms with E-state index < -0.39 is 0 Å². The Kier molecular flexibility index (Phi) is 5.32. The van der Waals surface area contributed by atoms with E-state index in [2.05, 4.69) is 64.2 Å². The molecule has 1 saturated carbocycles. The smallest absolute Gasteiger partial charge is 0.124 e. The first-order chi connectivity index (χ1) is 9.85. The highest BCUT2D eigenvalue weighted by Crippen LogP contribution is 2.32. The fraction of sp³-hybridized carbons (Fsp3) is 0.684. The maximum atomic E-state index is 6.33. The zero-order chi connectivity index (χ0) is 15.5. The lowest BCUT2D eigenvalue weighted by molar-refractivity contribution is 0.0995. The van der Waals surface area contributed by atoms with Gasteiger partial charge >= 0.3 is 0 Å². The zero-order valence-corrected chi connectivity index (χ0v) is 14.3. The first kappa shape index (κ1) is 16.4. The van der Waals surface area contributed by atoms with Crippen LogP contribution in [0, 0.1) is 11.8 Å². The van der Waals surface area contributed by atoms with Crippen molar-refractivity contribution < 1.29 is 4.74 Å². The van der Waals surface area contributed by atoms with Crippen LogP contribution in [-0.2, 0) is 6.54 Å². The van der Waals surface area contributed by atoms with Crippen molar-refractivity contribution in [2.24, 2.45) is 11.8 Å². The number of nitrogens with one attached hydrogen (secondary N) is 1. The van der Waals surface area contributed by atoms with Crippen LogP contribution in [0.1, 0.15) is 59.4 Å². The lowest BCUT2D eigenvalue weighted by atomic mass is 9.80. The Balaban J connectivity index is 2.00. The number of rotatable bonds is 4. The molecule has 21 heavy (non-hydrogen) atoms. The molecule has 1 aromatic carbocycles. The topological polar surface area (TPSA) is 21.3 Å². The molecule has 1 aliphatic carbocycles. The van der Waals surface area contributed by atoms with Gasteiger partial charge in [-0.3, -0.25) is 0 Å². The van der Waals surface area contributed by atoms with Gasteiger partial charge in [-0.1, -0.05) is 32.0 Å². The Hall–Kier alpha value is -1.02. The molecule has 2 nitrogen and oxygen atoms in total. The molecule has 0 spiro atoms. The van der Waals surface area contributed by atoms with Gasteiger partial charge in [0.05, 0.1) is 6.10 Å². The highest BCUT2D eigenvalue weighted by atomic mass is 16.5. The summed E-state index contributed by atoms with van der Waals surface area (Å²) in [4.78, 5) is 0. The standard InChI is InChI=1S/C19H31NO/c1-14-10-11-17(12-15(14)2)21-18-9-7-6-8-16(18)13-20-19(3,4)5/h6-9,14-15,17,20H,10-13H2,1-5H3. The monoisotopic (exact) mass is 289 g/mol. The van der Waals surface area contributed by atoms with Crippen LogP contribution < -0.4 is 10.1 Å². The zero-order valence-electron chi connectivity index (χ0n) is 14.3. The minimum atomic E-state index is 0.127. The second-order valence-electron chi connectivity index (χ2n) is 7.72. The molecule has 1 fully saturated rings. The van der Waals surface area contributed by atoms with E-state index in [1.807, 2.05) is 0 Å². The van der Waals surface area contributed by atoms with Gasteiger partial charge in [-0.25, -0.2) is 0 Å². The normalized spacial score (nSPS) is 26.6. The van der Waals surface area contributed by atoms with E-state index in [9.17, 15) is 0 Å². The van der Waals surface area contributed by atoms with Gasteiger partial charge in [-0.15, -0.1) is 0 Å². The molecule has 1 aromatic rings. The van der Waals surface area contributed by atoms with Gasteiger partial charge < -0.3 is 10.1 Å². The largest absolute Gasteiger partial charge is 0.490 e. The summed E-state index contributed by atoms with van der Waals surface area (Å²) in [6.07, 6.45) is 4.04. The summed E-state index contributed by atoms with van der Waals surface area (Å²) < 4.78 is 6.33. The number of hydrogen-bond donors (Lipinski definition) is 1. The molecule has 0 aliphatic heterocycles. The molecule has 1 aliphatic rings. The minimum absolute atomic E-state index is 0.127. The lowest BCUT2D eigenvalue weighted by Gasteiger charge is -2.33. The predicted molar refractivity (Wildman–Crippen MR) is 89.6 cm³/mol. The van der Waals surface area contributed by atoms with Crippen LogP contribution in [0.4, 0.5) is 0 Å². The van der Waals surface area contributed by atoms with Crippen LogP contribution in [0.3, 0.4) is 0 Å². The van der Waals surface area contributed by atoms with E-state index in [1.54, 1.807) is 0 Å². The van der Waals surface area contributed by atoms with Gasteiger partial charge in [0.15, 0.2) is 0 Å². The fourth-order valence-corrected chi connectivity index (χ4v) is 2.91. The average molecular weight is 289 g/mol. The van der Waals surface area contributed by atoms with E-state index in [0.717, 1.165) is 24.1 Å². The Morgan fingerprint density at radius 3 is 2.48 bits per heavy atom. The second kappa shape index (κ2) is 6.83. The summed E-state index contributed by atoms with van der Waals surface area (Å²) in [6.45, 7) is 12.2. The summed E-state index contributed by atoms with van der Waals surface area (Å²) in [7, 11) is 0. The highest BCUT2D eigenvalue weighted by molar-refractivity contribution is 5.33. The number of hydrogen-bond acceptors (Lipinski definition) is 2. The Morgan fingerprint density at radius 2 is 1.81 bits per heavy atom. The molecular weight excluding hydrogens is 258 g/mol. The minimum Gasteiger partial charge on any atom is -0.490 e. The molecular formula is C19H31NO. The number of para-hydroxylation sites is 1. The number of benzene rings is 1. The van der Waals surface area contributed by atoms with Crippen molar-refractivity contribution in [1.82, 2.24) is 5.32 Å². The Labute approximate surface area is 130 Å². The van der Waals surface area contributed by atoms with Gasteiger partial charge in [0.2, 0.25) is 0 Å². The first-order valence-corrected chi connectivity index (χ1v) is 8.35. The van der Waals surface area contributed by atoms with Gasteiger partial charge in [-0.05, 0) is 57.9 Å². The summed E-state index contributed by atoms with van der Waals surface area (Å²) in [6, 6.07) is 8.45. The van der Waals surface area contributed by atoms with E-state index in [0.29, 0.717) is 6.10 Å². The van der Waals surface area contributed by atoms with E-state index in [1.165, 1.54) is 24.8 Å². The summed E-state index contributed by atoms with van der Waals surface area (Å²) in [5, 5.41) is 3.55. The third-order valence-electron chi connectivity index (χ3n) is 4.63. The van der Waals surface area contributed by atoms with Crippen molar-refractivity contribution in [2.45, 2.75) is 72.1 Å². The fourth-order valence-electron chi connectivity index (χ4n) is 2.91. The Morgan fingerprint density at radius 1 is 1.10 bits per heavy atom. The van der Waals surface area contributed by atoms with Gasteiger partial charge in [0, 0.05) is 17.6 Å². The van der Waals surface area contributed by atoms with Crippen molar-refractivity contribution in [3.8, 4) is 5.75 Å². The first-order valence-electron chi connectivity index (χ1n) is 8.35. The molecule has 0 bridgehead atoms. The van der Waals surface area contributed by atoms with Gasteiger partial charge in [-0.2, -0.15) is 0 Å². The van der Waals surface area contributed by atoms with Gasteiger partial charge in [0.1, 0.15) is 5.75 Å². The van der Waals surface area contributed by atoms with E-state index >= 15 is 0 Å². The molecule has 118 valence electrons. The molecule has 0 heterocycles. The van der Waals surface area contributed by atoms with Crippen LogP contribution in [0.2, 0.25) is 0 Å². The molecule has 0 saturated heterocycles. The van der Waals surface area contributed by atoms with Crippen LogP contribution in [0.25, 0.3) is 0 Å². The highest BCUT2D eigenvalue weighted by Gasteiger charge is 2.26. The molecule has 3 atom stereocenters. The van der Waals surface area contributed by atoms with Crippen molar-refractivity contribution in [1.29, 1.82) is 0 Å². The molecule has 2 heteroatoms.